The van der Waals surface area contributed by atoms with Gasteiger partial charge in [-0.2, -0.15) is 0 Å². The number of carboxylic acids is 1. The lowest BCUT2D eigenvalue weighted by Gasteiger charge is -2.20. The molecule has 20 heavy (non-hydrogen) atoms. The van der Waals surface area contributed by atoms with Crippen LogP contribution in [0.3, 0.4) is 0 Å². The van der Waals surface area contributed by atoms with Gasteiger partial charge >= 0.3 is 5.97 Å². The van der Waals surface area contributed by atoms with Crippen molar-refractivity contribution in [1.29, 1.82) is 0 Å². The predicted molar refractivity (Wildman–Crippen MR) is 66.3 cm³/mol. The predicted octanol–water partition coefficient (Wildman–Crippen LogP) is -0.454. The lowest BCUT2D eigenvalue weighted by atomic mass is 10.1. The fraction of sp³-hybridized carbons (Fsp3) is 0.364. The molecule has 1 aromatic rings. The highest BCUT2D eigenvalue weighted by Gasteiger charge is 2.24. The zero-order valence-electron chi connectivity index (χ0n) is 10.5. The molecule has 0 radical (unpaired) electrons. The largest absolute Gasteiger partial charge is 0.478 e. The number of aliphatic hydroxyl groups is 2. The molecule has 0 amide bonds. The molecule has 7 nitrogen and oxygen atoms in total. The molecule has 0 aromatic heterocycles. The van der Waals surface area contributed by atoms with Gasteiger partial charge in [-0.1, -0.05) is 0 Å². The summed E-state index contributed by atoms with van der Waals surface area (Å²) in [4.78, 5) is 10.3. The summed E-state index contributed by atoms with van der Waals surface area (Å²) in [5.74, 6) is -2.65. The first kappa shape index (κ1) is 16.5. The van der Waals surface area contributed by atoms with Gasteiger partial charge in [-0.05, 0) is 25.1 Å². The number of rotatable bonds is 6. The molecular formula is C11H14FNO6S. The van der Waals surface area contributed by atoms with Gasteiger partial charge in [0.25, 0.3) is 0 Å². The first-order valence-corrected chi connectivity index (χ1v) is 6.93. The highest BCUT2D eigenvalue weighted by Crippen LogP contribution is 2.15. The van der Waals surface area contributed by atoms with Gasteiger partial charge in [-0.3, -0.25) is 0 Å². The summed E-state index contributed by atoms with van der Waals surface area (Å²) in [6.45, 7) is 0.0633. The van der Waals surface area contributed by atoms with Gasteiger partial charge in [-0.15, -0.1) is 0 Å². The molecule has 1 aromatic carbocycles. The number of aromatic carboxylic acids is 1. The van der Waals surface area contributed by atoms with Crippen LogP contribution in [-0.2, 0) is 10.0 Å². The molecular weight excluding hydrogens is 293 g/mol. The van der Waals surface area contributed by atoms with Crippen molar-refractivity contribution < 1.29 is 32.9 Å². The van der Waals surface area contributed by atoms with Crippen molar-refractivity contribution in [2.75, 3.05) is 13.2 Å². The second-order valence-corrected chi connectivity index (χ2v) is 6.19. The average molecular weight is 307 g/mol. The molecule has 0 heterocycles. The zero-order chi connectivity index (χ0) is 15.6. The van der Waals surface area contributed by atoms with Crippen LogP contribution in [0.4, 0.5) is 4.39 Å². The SMILES string of the molecule is CC(O)(CO)CNS(=O)(=O)c1ccc(F)c(C(=O)O)c1. The third-order valence-electron chi connectivity index (χ3n) is 2.46. The molecule has 1 unspecified atom stereocenters. The lowest BCUT2D eigenvalue weighted by Crippen LogP contribution is -2.43. The summed E-state index contributed by atoms with van der Waals surface area (Å²) in [5.41, 5.74) is -2.44. The van der Waals surface area contributed by atoms with E-state index in [1.165, 1.54) is 6.92 Å². The van der Waals surface area contributed by atoms with Crippen LogP contribution in [0.15, 0.2) is 23.1 Å². The number of hydrogen-bond donors (Lipinski definition) is 4. The maximum absolute atomic E-state index is 13.2. The Morgan fingerprint density at radius 1 is 1.45 bits per heavy atom. The Hall–Kier alpha value is -1.55. The van der Waals surface area contributed by atoms with E-state index >= 15 is 0 Å². The highest BCUT2D eigenvalue weighted by atomic mass is 32.2. The Morgan fingerprint density at radius 2 is 2.05 bits per heavy atom. The second kappa shape index (κ2) is 5.83. The summed E-state index contributed by atoms with van der Waals surface area (Å²) in [5, 5.41) is 27.0. The Kier molecular flexibility index (Phi) is 4.81. The van der Waals surface area contributed by atoms with E-state index < -0.39 is 51.0 Å². The van der Waals surface area contributed by atoms with Crippen molar-refractivity contribution in [1.82, 2.24) is 4.72 Å². The number of carboxylic acid groups (broad SMARTS) is 1. The fourth-order valence-electron chi connectivity index (χ4n) is 1.23. The minimum Gasteiger partial charge on any atom is -0.478 e. The number of aliphatic hydroxyl groups excluding tert-OH is 1. The summed E-state index contributed by atoms with van der Waals surface area (Å²) >= 11 is 0. The van der Waals surface area contributed by atoms with Crippen LogP contribution < -0.4 is 4.72 Å². The quantitative estimate of drug-likeness (QED) is 0.564. The molecule has 112 valence electrons. The van der Waals surface area contributed by atoms with Crippen LogP contribution in [0.5, 0.6) is 0 Å². The van der Waals surface area contributed by atoms with Crippen molar-refractivity contribution in [2.24, 2.45) is 0 Å². The Labute approximate surface area is 114 Å². The molecule has 0 saturated carbocycles. The van der Waals surface area contributed by atoms with E-state index in [1.807, 2.05) is 4.72 Å². The lowest BCUT2D eigenvalue weighted by molar-refractivity contribution is 0.00681. The molecule has 0 spiro atoms. The van der Waals surface area contributed by atoms with E-state index in [0.717, 1.165) is 12.1 Å². The second-order valence-electron chi connectivity index (χ2n) is 4.43. The summed E-state index contributed by atoms with van der Waals surface area (Å²) in [6.07, 6.45) is 0. The first-order valence-electron chi connectivity index (χ1n) is 5.45. The number of benzene rings is 1. The molecule has 0 saturated heterocycles. The highest BCUT2D eigenvalue weighted by molar-refractivity contribution is 7.89. The van der Waals surface area contributed by atoms with Gasteiger partial charge in [0.05, 0.1) is 22.7 Å². The average Bonchev–Trinajstić information content (AvgIpc) is 2.36. The van der Waals surface area contributed by atoms with Crippen molar-refractivity contribution in [2.45, 2.75) is 17.4 Å². The van der Waals surface area contributed by atoms with E-state index in [-0.39, 0.29) is 0 Å². The molecule has 1 atom stereocenters. The third-order valence-corrected chi connectivity index (χ3v) is 3.86. The van der Waals surface area contributed by atoms with Gasteiger partial charge in [0.15, 0.2) is 0 Å². The van der Waals surface area contributed by atoms with E-state index in [0.29, 0.717) is 6.07 Å². The third kappa shape index (κ3) is 3.97. The van der Waals surface area contributed by atoms with Crippen LogP contribution in [0.2, 0.25) is 0 Å². The minimum atomic E-state index is -4.13. The number of halogens is 1. The maximum atomic E-state index is 13.2. The van der Waals surface area contributed by atoms with Crippen LogP contribution >= 0.6 is 0 Å². The van der Waals surface area contributed by atoms with Crippen molar-refractivity contribution >= 4 is 16.0 Å². The fourth-order valence-corrected chi connectivity index (χ4v) is 2.41. The standard InChI is InChI=1S/C11H14FNO6S/c1-11(17,6-14)5-13-20(18,19)7-2-3-9(12)8(4-7)10(15)16/h2-4,13-14,17H,5-6H2,1H3,(H,15,16). The Balaban J connectivity index is 3.05. The number of nitrogens with one attached hydrogen (secondary N) is 1. The number of carbonyl (C=O) groups is 1. The normalized spacial score (nSPS) is 14.8. The van der Waals surface area contributed by atoms with Crippen LogP contribution in [0.1, 0.15) is 17.3 Å². The number of sulfonamides is 1. The Morgan fingerprint density at radius 3 is 2.55 bits per heavy atom. The van der Waals surface area contributed by atoms with E-state index in [9.17, 15) is 22.7 Å². The smallest absolute Gasteiger partial charge is 0.338 e. The molecule has 0 aliphatic heterocycles. The molecule has 0 aliphatic carbocycles. The molecule has 4 N–H and O–H groups in total. The van der Waals surface area contributed by atoms with Gasteiger partial charge in [0.2, 0.25) is 10.0 Å². The molecule has 1 rings (SSSR count). The summed E-state index contributed by atoms with van der Waals surface area (Å²) < 4.78 is 38.9. The van der Waals surface area contributed by atoms with Crippen LogP contribution in [0.25, 0.3) is 0 Å². The Bertz CT molecular complexity index is 613. The summed E-state index contributed by atoms with van der Waals surface area (Å²) in [6, 6.07) is 2.30. The molecule has 9 heteroatoms. The molecule has 0 bridgehead atoms. The van der Waals surface area contributed by atoms with Gasteiger partial charge in [-0.25, -0.2) is 22.3 Å². The first-order chi connectivity index (χ1) is 9.09. The van der Waals surface area contributed by atoms with Gasteiger partial charge in [0, 0.05) is 6.54 Å². The zero-order valence-corrected chi connectivity index (χ0v) is 11.3. The van der Waals surface area contributed by atoms with E-state index in [4.69, 9.17) is 10.2 Å². The van der Waals surface area contributed by atoms with Gasteiger partial charge in [0.1, 0.15) is 5.82 Å². The summed E-state index contributed by atoms with van der Waals surface area (Å²) in [7, 11) is -4.13. The van der Waals surface area contributed by atoms with E-state index in [2.05, 4.69) is 0 Å². The molecule has 0 fully saturated rings. The molecule has 0 aliphatic rings. The van der Waals surface area contributed by atoms with Crippen LogP contribution in [-0.4, -0.2) is 48.5 Å². The van der Waals surface area contributed by atoms with E-state index in [1.54, 1.807) is 0 Å². The van der Waals surface area contributed by atoms with Crippen LogP contribution in [0, 0.1) is 5.82 Å². The topological polar surface area (TPSA) is 124 Å². The number of hydrogen-bond acceptors (Lipinski definition) is 5. The van der Waals surface area contributed by atoms with Crippen molar-refractivity contribution in [3.63, 3.8) is 0 Å². The van der Waals surface area contributed by atoms with Gasteiger partial charge < -0.3 is 15.3 Å². The van der Waals surface area contributed by atoms with Crippen molar-refractivity contribution in [3.8, 4) is 0 Å². The minimum absolute atomic E-state index is 0.454. The monoisotopic (exact) mass is 307 g/mol. The van der Waals surface area contributed by atoms with Crippen molar-refractivity contribution in [3.05, 3.63) is 29.6 Å². The maximum Gasteiger partial charge on any atom is 0.338 e.